The van der Waals surface area contributed by atoms with Crippen LogP contribution in [0.4, 0.5) is 0 Å². The monoisotopic (exact) mass is 209 g/mol. The molecule has 0 aromatic rings. The molecule has 2 radical (unpaired) electrons. The molecular formula is C12H24BNO. The average molecular weight is 209 g/mol. The predicted molar refractivity (Wildman–Crippen MR) is 66.1 cm³/mol. The number of amides is 1. The van der Waals surface area contributed by atoms with Gasteiger partial charge >= 0.3 is 0 Å². The van der Waals surface area contributed by atoms with Crippen molar-refractivity contribution in [3.05, 3.63) is 0 Å². The summed E-state index contributed by atoms with van der Waals surface area (Å²) >= 11 is 0. The van der Waals surface area contributed by atoms with Crippen molar-refractivity contribution in [2.45, 2.75) is 65.2 Å². The van der Waals surface area contributed by atoms with Gasteiger partial charge in [-0.3, -0.25) is 4.79 Å². The van der Waals surface area contributed by atoms with Crippen molar-refractivity contribution in [1.82, 2.24) is 5.32 Å². The number of carbonyl (C=O) groups excluding carboxylic acids is 1. The molecular weight excluding hydrogens is 185 g/mol. The first-order valence-corrected chi connectivity index (χ1v) is 5.97. The fourth-order valence-corrected chi connectivity index (χ4v) is 1.32. The summed E-state index contributed by atoms with van der Waals surface area (Å²) < 4.78 is 0. The van der Waals surface area contributed by atoms with E-state index in [4.69, 9.17) is 7.85 Å². The smallest absolute Gasteiger partial charge is 0.215 e. The van der Waals surface area contributed by atoms with Crippen LogP contribution in [0, 0.1) is 5.92 Å². The lowest BCUT2D eigenvalue weighted by atomic mass is 9.75. The molecule has 15 heavy (non-hydrogen) atoms. The Labute approximate surface area is 95.6 Å². The van der Waals surface area contributed by atoms with Crippen LogP contribution in [0.1, 0.15) is 53.9 Å². The van der Waals surface area contributed by atoms with Crippen molar-refractivity contribution in [3.8, 4) is 0 Å². The van der Waals surface area contributed by atoms with Gasteiger partial charge in [0, 0.05) is 11.4 Å². The lowest BCUT2D eigenvalue weighted by Crippen LogP contribution is -2.47. The molecule has 0 aliphatic heterocycles. The summed E-state index contributed by atoms with van der Waals surface area (Å²) in [6.45, 7) is 10.3. The van der Waals surface area contributed by atoms with Crippen LogP contribution in [0.25, 0.3) is 0 Å². The maximum Gasteiger partial charge on any atom is 0.215 e. The third kappa shape index (κ3) is 4.27. The molecule has 0 aromatic carbocycles. The molecule has 0 saturated carbocycles. The molecule has 0 heterocycles. The second-order valence-corrected chi connectivity index (χ2v) is 4.67. The van der Waals surface area contributed by atoms with Crippen LogP contribution < -0.4 is 5.32 Å². The molecule has 0 fully saturated rings. The first-order chi connectivity index (χ1) is 6.90. The van der Waals surface area contributed by atoms with Crippen molar-refractivity contribution in [2.75, 3.05) is 0 Å². The standard InChI is InChI=1S/C12H24BNO/c1-6-9(4)10(13)11(15)14-12(5,7-2)8-3/h9-10H,6-8H2,1-5H3,(H,14,15). The van der Waals surface area contributed by atoms with Gasteiger partial charge in [0.15, 0.2) is 0 Å². The van der Waals surface area contributed by atoms with Crippen molar-refractivity contribution in [3.63, 3.8) is 0 Å². The lowest BCUT2D eigenvalue weighted by Gasteiger charge is -2.31. The number of hydrogen-bond donors (Lipinski definition) is 1. The SMILES string of the molecule is [B]C(C(=O)NC(C)(CC)CC)C(C)CC. The Balaban J connectivity index is 4.35. The minimum Gasteiger partial charge on any atom is -0.351 e. The van der Waals surface area contributed by atoms with E-state index in [-0.39, 0.29) is 23.2 Å². The zero-order valence-corrected chi connectivity index (χ0v) is 10.8. The van der Waals surface area contributed by atoms with E-state index >= 15 is 0 Å². The highest BCUT2D eigenvalue weighted by Crippen LogP contribution is 2.21. The third-order valence-corrected chi connectivity index (χ3v) is 3.55. The predicted octanol–water partition coefficient (Wildman–Crippen LogP) is 2.68. The van der Waals surface area contributed by atoms with Gasteiger partial charge in [-0.15, -0.1) is 0 Å². The van der Waals surface area contributed by atoms with Crippen LogP contribution in [-0.2, 0) is 4.79 Å². The Morgan fingerprint density at radius 1 is 1.33 bits per heavy atom. The molecule has 0 aliphatic rings. The van der Waals surface area contributed by atoms with Crippen LogP contribution in [0.2, 0.25) is 5.82 Å². The molecule has 0 spiro atoms. The average Bonchev–Trinajstić information content (AvgIpc) is 2.26. The maximum atomic E-state index is 11.8. The Bertz CT molecular complexity index is 202. The van der Waals surface area contributed by atoms with Gasteiger partial charge in [-0.05, 0) is 25.7 Å². The van der Waals surface area contributed by atoms with Crippen LogP contribution in [0.3, 0.4) is 0 Å². The molecule has 1 amide bonds. The van der Waals surface area contributed by atoms with E-state index < -0.39 is 0 Å². The van der Waals surface area contributed by atoms with Gasteiger partial charge in [-0.2, -0.15) is 0 Å². The highest BCUT2D eigenvalue weighted by atomic mass is 16.1. The molecule has 2 nitrogen and oxygen atoms in total. The molecule has 0 saturated heterocycles. The van der Waals surface area contributed by atoms with E-state index in [1.54, 1.807) is 0 Å². The molecule has 2 unspecified atom stereocenters. The molecule has 2 atom stereocenters. The summed E-state index contributed by atoms with van der Waals surface area (Å²) in [7, 11) is 5.88. The normalized spacial score (nSPS) is 15.8. The van der Waals surface area contributed by atoms with Crippen molar-refractivity contribution < 1.29 is 4.79 Å². The van der Waals surface area contributed by atoms with Gasteiger partial charge in [-0.25, -0.2) is 0 Å². The van der Waals surface area contributed by atoms with E-state index in [2.05, 4.69) is 33.0 Å². The van der Waals surface area contributed by atoms with E-state index in [1.807, 2.05) is 6.92 Å². The van der Waals surface area contributed by atoms with Crippen molar-refractivity contribution >= 4 is 13.8 Å². The number of carbonyl (C=O) groups is 1. The highest BCUT2D eigenvalue weighted by Gasteiger charge is 2.26. The zero-order chi connectivity index (χ0) is 12.1. The molecule has 86 valence electrons. The van der Waals surface area contributed by atoms with Crippen LogP contribution >= 0.6 is 0 Å². The van der Waals surface area contributed by atoms with Gasteiger partial charge in [0.25, 0.3) is 0 Å². The molecule has 0 aliphatic carbocycles. The highest BCUT2D eigenvalue weighted by molar-refractivity contribution is 6.24. The Morgan fingerprint density at radius 2 is 1.80 bits per heavy atom. The second kappa shape index (κ2) is 6.19. The van der Waals surface area contributed by atoms with Gasteiger partial charge in [0.2, 0.25) is 5.91 Å². The molecule has 0 rings (SSSR count). The molecule has 1 N–H and O–H groups in total. The van der Waals surface area contributed by atoms with Crippen LogP contribution in [-0.4, -0.2) is 19.3 Å². The first-order valence-electron chi connectivity index (χ1n) is 5.97. The molecule has 0 aromatic heterocycles. The van der Waals surface area contributed by atoms with E-state index in [9.17, 15) is 4.79 Å². The minimum atomic E-state index is -0.382. The molecule has 0 bridgehead atoms. The largest absolute Gasteiger partial charge is 0.351 e. The minimum absolute atomic E-state index is 0.0180. The second-order valence-electron chi connectivity index (χ2n) is 4.67. The quantitative estimate of drug-likeness (QED) is 0.669. The summed E-state index contributed by atoms with van der Waals surface area (Å²) in [6, 6.07) is 0. The van der Waals surface area contributed by atoms with Crippen molar-refractivity contribution in [1.29, 1.82) is 0 Å². The van der Waals surface area contributed by atoms with Gasteiger partial charge in [0.05, 0.1) is 7.85 Å². The number of nitrogens with one attached hydrogen (secondary N) is 1. The number of rotatable bonds is 6. The summed E-state index contributed by atoms with van der Waals surface area (Å²) in [4.78, 5) is 11.8. The maximum absolute atomic E-state index is 11.8. The first kappa shape index (κ1) is 14.5. The summed E-state index contributed by atoms with van der Waals surface area (Å²) in [5.74, 6) is -0.161. The van der Waals surface area contributed by atoms with Gasteiger partial charge < -0.3 is 5.32 Å². The lowest BCUT2D eigenvalue weighted by molar-refractivity contribution is -0.123. The molecule has 3 heteroatoms. The van der Waals surface area contributed by atoms with Crippen molar-refractivity contribution in [2.24, 2.45) is 5.92 Å². The summed E-state index contributed by atoms with van der Waals surface area (Å²) in [6.07, 6.45) is 2.80. The fraction of sp³-hybridized carbons (Fsp3) is 0.917. The van der Waals surface area contributed by atoms with E-state index in [0.717, 1.165) is 19.3 Å². The Hall–Kier alpha value is -0.465. The number of hydrogen-bond acceptors (Lipinski definition) is 1. The third-order valence-electron chi connectivity index (χ3n) is 3.55. The van der Waals surface area contributed by atoms with E-state index in [1.165, 1.54) is 0 Å². The van der Waals surface area contributed by atoms with Gasteiger partial charge in [-0.1, -0.05) is 34.1 Å². The van der Waals surface area contributed by atoms with E-state index in [0.29, 0.717) is 0 Å². The fourth-order valence-electron chi connectivity index (χ4n) is 1.32. The summed E-state index contributed by atoms with van der Waals surface area (Å²) in [5, 5.41) is 3.04. The van der Waals surface area contributed by atoms with Gasteiger partial charge in [0.1, 0.15) is 0 Å². The van der Waals surface area contributed by atoms with Crippen LogP contribution in [0.15, 0.2) is 0 Å². The van der Waals surface area contributed by atoms with Crippen LogP contribution in [0.5, 0.6) is 0 Å². The Kier molecular flexibility index (Phi) is 6.00. The zero-order valence-electron chi connectivity index (χ0n) is 10.8. The Morgan fingerprint density at radius 3 is 2.13 bits per heavy atom. The topological polar surface area (TPSA) is 29.1 Å². The summed E-state index contributed by atoms with van der Waals surface area (Å²) in [5.41, 5.74) is -0.109.